The van der Waals surface area contributed by atoms with Gasteiger partial charge >= 0.3 is 0 Å². The number of nitrogens with one attached hydrogen (secondary N) is 1. The van der Waals surface area contributed by atoms with Gasteiger partial charge in [0.25, 0.3) is 5.91 Å². The third kappa shape index (κ3) is 4.63. The minimum absolute atomic E-state index is 0.110. The molecule has 2 heterocycles. The molecule has 2 aromatic heterocycles. The minimum atomic E-state index is -0.308. The average Bonchev–Trinajstić information content (AvgIpc) is 3.21. The number of aromatic nitrogens is 4. The first-order valence-electron chi connectivity index (χ1n) is 8.16. The Bertz CT molecular complexity index is 890. The summed E-state index contributed by atoms with van der Waals surface area (Å²) in [5.74, 6) is 1.48. The fourth-order valence-corrected chi connectivity index (χ4v) is 3.17. The Kier molecular flexibility index (Phi) is 5.57. The number of amides is 1. The molecule has 1 aromatic carbocycles. The number of anilines is 1. The highest BCUT2D eigenvalue weighted by molar-refractivity contribution is 7.15. The number of hydrogen-bond donors (Lipinski definition) is 1. The van der Waals surface area contributed by atoms with Crippen molar-refractivity contribution < 1.29 is 14.1 Å². The van der Waals surface area contributed by atoms with E-state index in [4.69, 9.17) is 9.26 Å². The second-order valence-corrected chi connectivity index (χ2v) is 7.13. The number of carbonyl (C=O) groups excluding carboxylic acids is 1. The number of benzene rings is 1. The summed E-state index contributed by atoms with van der Waals surface area (Å²) in [4.78, 5) is 16.7. The van der Waals surface area contributed by atoms with Crippen molar-refractivity contribution in [3.63, 3.8) is 0 Å². The van der Waals surface area contributed by atoms with Gasteiger partial charge in [0.2, 0.25) is 16.8 Å². The van der Waals surface area contributed by atoms with E-state index < -0.39 is 0 Å². The highest BCUT2D eigenvalue weighted by Crippen LogP contribution is 2.23. The Balaban J connectivity index is 1.68. The molecule has 0 unspecified atom stereocenters. The Morgan fingerprint density at radius 2 is 2.12 bits per heavy atom. The van der Waals surface area contributed by atoms with Crippen LogP contribution in [0.5, 0.6) is 5.75 Å². The molecule has 0 atom stereocenters. The van der Waals surface area contributed by atoms with Crippen LogP contribution in [0.3, 0.4) is 0 Å². The van der Waals surface area contributed by atoms with E-state index in [1.54, 1.807) is 31.2 Å². The Labute approximate surface area is 154 Å². The first-order valence-corrected chi connectivity index (χ1v) is 8.97. The van der Waals surface area contributed by atoms with E-state index in [1.165, 1.54) is 11.3 Å². The molecular weight excluding hydrogens is 354 g/mol. The zero-order valence-electron chi connectivity index (χ0n) is 14.7. The van der Waals surface area contributed by atoms with Crippen LogP contribution in [0.25, 0.3) is 0 Å². The zero-order chi connectivity index (χ0) is 18.5. The second-order valence-electron chi connectivity index (χ2n) is 6.07. The molecule has 1 amide bonds. The SMILES string of the molecule is Cc1nc(COc2ccccc2C(=O)Nc2nnc(CC(C)C)s2)no1. The summed E-state index contributed by atoms with van der Waals surface area (Å²) in [6.07, 6.45) is 0.831. The largest absolute Gasteiger partial charge is 0.485 e. The van der Waals surface area contributed by atoms with Crippen LogP contribution in [-0.2, 0) is 13.0 Å². The molecule has 3 rings (SSSR count). The number of carbonyl (C=O) groups is 1. The van der Waals surface area contributed by atoms with E-state index >= 15 is 0 Å². The lowest BCUT2D eigenvalue weighted by Gasteiger charge is -2.09. The summed E-state index contributed by atoms with van der Waals surface area (Å²) in [6, 6.07) is 6.96. The first-order chi connectivity index (χ1) is 12.5. The van der Waals surface area contributed by atoms with Crippen molar-refractivity contribution in [1.82, 2.24) is 20.3 Å². The number of rotatable bonds is 7. The van der Waals surface area contributed by atoms with Gasteiger partial charge in [-0.05, 0) is 18.1 Å². The summed E-state index contributed by atoms with van der Waals surface area (Å²) in [6.45, 7) is 6.03. The third-order valence-electron chi connectivity index (χ3n) is 3.33. The lowest BCUT2D eigenvalue weighted by atomic mass is 10.1. The van der Waals surface area contributed by atoms with Crippen LogP contribution in [-0.4, -0.2) is 26.2 Å². The van der Waals surface area contributed by atoms with Gasteiger partial charge in [0, 0.05) is 13.3 Å². The maximum Gasteiger partial charge on any atom is 0.261 e. The van der Waals surface area contributed by atoms with Gasteiger partial charge in [-0.3, -0.25) is 10.1 Å². The predicted octanol–water partition coefficient (Wildman–Crippen LogP) is 3.26. The molecule has 0 radical (unpaired) electrons. The smallest absolute Gasteiger partial charge is 0.261 e. The van der Waals surface area contributed by atoms with Gasteiger partial charge in [0.15, 0.2) is 6.61 Å². The maximum absolute atomic E-state index is 12.6. The molecule has 0 saturated carbocycles. The molecule has 8 nitrogen and oxygen atoms in total. The molecule has 3 aromatic rings. The van der Waals surface area contributed by atoms with Crippen molar-refractivity contribution in [1.29, 1.82) is 0 Å². The number of para-hydroxylation sites is 1. The molecule has 0 aliphatic heterocycles. The molecule has 1 N–H and O–H groups in total. The minimum Gasteiger partial charge on any atom is -0.485 e. The van der Waals surface area contributed by atoms with Crippen LogP contribution in [0.1, 0.15) is 40.9 Å². The van der Waals surface area contributed by atoms with E-state index in [9.17, 15) is 4.79 Å². The van der Waals surface area contributed by atoms with Crippen LogP contribution in [0.15, 0.2) is 28.8 Å². The highest BCUT2D eigenvalue weighted by Gasteiger charge is 2.16. The molecule has 0 aliphatic carbocycles. The summed E-state index contributed by atoms with van der Waals surface area (Å²) in [5.41, 5.74) is 0.397. The van der Waals surface area contributed by atoms with Crippen molar-refractivity contribution in [3.05, 3.63) is 46.6 Å². The number of hydrogen-bond acceptors (Lipinski definition) is 8. The molecular formula is C17H19N5O3S. The van der Waals surface area contributed by atoms with E-state index in [0.29, 0.717) is 34.1 Å². The van der Waals surface area contributed by atoms with Gasteiger partial charge in [0.1, 0.15) is 10.8 Å². The van der Waals surface area contributed by atoms with Crippen molar-refractivity contribution in [2.45, 2.75) is 33.8 Å². The van der Waals surface area contributed by atoms with Crippen LogP contribution in [0.4, 0.5) is 5.13 Å². The van der Waals surface area contributed by atoms with Crippen molar-refractivity contribution >= 4 is 22.4 Å². The normalized spacial score (nSPS) is 10.9. The van der Waals surface area contributed by atoms with Crippen molar-refractivity contribution in [2.75, 3.05) is 5.32 Å². The summed E-state index contributed by atoms with van der Waals surface area (Å²) >= 11 is 1.38. The summed E-state index contributed by atoms with van der Waals surface area (Å²) in [5, 5.41) is 16.0. The van der Waals surface area contributed by atoms with Crippen LogP contribution in [0, 0.1) is 12.8 Å². The van der Waals surface area contributed by atoms with Crippen LogP contribution >= 0.6 is 11.3 Å². The predicted molar refractivity (Wildman–Crippen MR) is 96.2 cm³/mol. The first kappa shape index (κ1) is 18.0. The van der Waals surface area contributed by atoms with E-state index in [1.807, 2.05) is 0 Å². The molecule has 0 saturated heterocycles. The molecule has 0 fully saturated rings. The van der Waals surface area contributed by atoms with Gasteiger partial charge in [-0.1, -0.05) is 42.5 Å². The molecule has 0 bridgehead atoms. The lowest BCUT2D eigenvalue weighted by molar-refractivity contribution is 0.102. The third-order valence-corrected chi connectivity index (χ3v) is 4.19. The van der Waals surface area contributed by atoms with Crippen LogP contribution < -0.4 is 10.1 Å². The molecule has 0 aliphatic rings. The van der Waals surface area contributed by atoms with Crippen molar-refractivity contribution in [2.24, 2.45) is 5.92 Å². The van der Waals surface area contributed by atoms with E-state index in [0.717, 1.165) is 11.4 Å². The van der Waals surface area contributed by atoms with Crippen molar-refractivity contribution in [3.8, 4) is 5.75 Å². The quantitative estimate of drug-likeness (QED) is 0.678. The Morgan fingerprint density at radius 3 is 2.85 bits per heavy atom. The molecule has 136 valence electrons. The molecule has 9 heteroatoms. The monoisotopic (exact) mass is 373 g/mol. The Hall–Kier alpha value is -2.81. The Morgan fingerprint density at radius 1 is 1.31 bits per heavy atom. The number of nitrogens with zero attached hydrogens (tertiary/aromatic N) is 4. The fraction of sp³-hybridized carbons (Fsp3) is 0.353. The fourth-order valence-electron chi connectivity index (χ4n) is 2.22. The lowest BCUT2D eigenvalue weighted by Crippen LogP contribution is -2.13. The number of ether oxygens (including phenoxy) is 1. The van der Waals surface area contributed by atoms with Gasteiger partial charge in [0.05, 0.1) is 5.56 Å². The van der Waals surface area contributed by atoms with Gasteiger partial charge in [-0.15, -0.1) is 10.2 Å². The molecule has 26 heavy (non-hydrogen) atoms. The van der Waals surface area contributed by atoms with E-state index in [2.05, 4.69) is 39.5 Å². The number of aryl methyl sites for hydroxylation is 1. The van der Waals surface area contributed by atoms with Gasteiger partial charge in [-0.25, -0.2) is 0 Å². The maximum atomic E-state index is 12.6. The van der Waals surface area contributed by atoms with E-state index in [-0.39, 0.29) is 12.5 Å². The van der Waals surface area contributed by atoms with Gasteiger partial charge in [-0.2, -0.15) is 4.98 Å². The summed E-state index contributed by atoms with van der Waals surface area (Å²) in [7, 11) is 0. The standard InChI is InChI=1S/C17H19N5O3S/c1-10(2)8-15-20-21-17(26-15)19-16(23)12-6-4-5-7-13(12)24-9-14-18-11(3)25-22-14/h4-7,10H,8-9H2,1-3H3,(H,19,21,23). The highest BCUT2D eigenvalue weighted by atomic mass is 32.1. The second kappa shape index (κ2) is 8.05. The average molecular weight is 373 g/mol. The zero-order valence-corrected chi connectivity index (χ0v) is 15.5. The van der Waals surface area contributed by atoms with Crippen LogP contribution in [0.2, 0.25) is 0 Å². The van der Waals surface area contributed by atoms with Gasteiger partial charge < -0.3 is 9.26 Å². The summed E-state index contributed by atoms with van der Waals surface area (Å²) < 4.78 is 10.6. The topological polar surface area (TPSA) is 103 Å². The molecule has 0 spiro atoms.